The molecule has 0 aliphatic carbocycles. The third-order valence-corrected chi connectivity index (χ3v) is 3.03. The van der Waals surface area contributed by atoms with E-state index < -0.39 is 0 Å². The van der Waals surface area contributed by atoms with Gasteiger partial charge in [-0.3, -0.25) is 4.98 Å². The summed E-state index contributed by atoms with van der Waals surface area (Å²) >= 11 is 6.05. The molecule has 5 heteroatoms. The predicted molar refractivity (Wildman–Crippen MR) is 76.1 cm³/mol. The lowest BCUT2D eigenvalue weighted by atomic mass is 10.2. The van der Waals surface area contributed by atoms with Gasteiger partial charge < -0.3 is 14.8 Å². The van der Waals surface area contributed by atoms with E-state index in [4.69, 9.17) is 21.1 Å². The minimum Gasteiger partial charge on any atom is -0.493 e. The van der Waals surface area contributed by atoms with Gasteiger partial charge in [-0.2, -0.15) is 0 Å². The Labute approximate surface area is 117 Å². The summed E-state index contributed by atoms with van der Waals surface area (Å²) in [5, 5.41) is 3.88. The highest BCUT2D eigenvalue weighted by Crippen LogP contribution is 2.28. The molecule has 0 saturated carbocycles. The maximum atomic E-state index is 6.05. The summed E-state index contributed by atoms with van der Waals surface area (Å²) < 4.78 is 10.5. The molecule has 1 aromatic heterocycles. The Morgan fingerprint density at radius 3 is 2.63 bits per heavy atom. The molecule has 1 heterocycles. The van der Waals surface area contributed by atoms with Gasteiger partial charge in [0.05, 0.1) is 31.1 Å². The lowest BCUT2D eigenvalue weighted by Crippen LogP contribution is -2.01. The Morgan fingerprint density at radius 2 is 1.95 bits per heavy atom. The summed E-state index contributed by atoms with van der Waals surface area (Å²) in [6.07, 6.45) is 3.35. The van der Waals surface area contributed by atoms with Crippen molar-refractivity contribution in [2.75, 3.05) is 19.5 Å². The Morgan fingerprint density at radius 1 is 1.16 bits per heavy atom. The summed E-state index contributed by atoms with van der Waals surface area (Å²) in [6, 6.07) is 7.52. The fraction of sp³-hybridized carbons (Fsp3) is 0.214. The molecular formula is C14H15ClN2O2. The van der Waals surface area contributed by atoms with Crippen LogP contribution in [0.15, 0.2) is 36.7 Å². The topological polar surface area (TPSA) is 43.4 Å². The number of methoxy groups -OCH3 is 2. The highest BCUT2D eigenvalue weighted by atomic mass is 35.5. The Bertz CT molecular complexity index is 561. The fourth-order valence-corrected chi connectivity index (χ4v) is 1.87. The van der Waals surface area contributed by atoms with E-state index in [2.05, 4.69) is 10.3 Å². The number of pyridine rings is 1. The van der Waals surface area contributed by atoms with Crippen LogP contribution in [0.5, 0.6) is 11.5 Å². The van der Waals surface area contributed by atoms with Crippen LogP contribution in [0.25, 0.3) is 0 Å². The first-order valence-corrected chi connectivity index (χ1v) is 6.16. The summed E-state index contributed by atoms with van der Waals surface area (Å²) in [7, 11) is 3.23. The molecule has 0 unspecified atom stereocenters. The minimum atomic E-state index is 0.631. The van der Waals surface area contributed by atoms with Crippen LogP contribution in [-0.4, -0.2) is 19.2 Å². The molecule has 0 spiro atoms. The van der Waals surface area contributed by atoms with Gasteiger partial charge in [0.25, 0.3) is 0 Å². The Balaban J connectivity index is 2.10. The molecule has 2 rings (SSSR count). The zero-order chi connectivity index (χ0) is 13.7. The fourth-order valence-electron chi connectivity index (χ4n) is 1.70. The van der Waals surface area contributed by atoms with Gasteiger partial charge in [0, 0.05) is 12.7 Å². The number of halogens is 1. The monoisotopic (exact) mass is 278 g/mol. The van der Waals surface area contributed by atoms with Crippen LogP contribution in [0.2, 0.25) is 5.02 Å². The van der Waals surface area contributed by atoms with Gasteiger partial charge >= 0.3 is 0 Å². The first-order chi connectivity index (χ1) is 9.24. The second-order valence-corrected chi connectivity index (χ2v) is 4.31. The van der Waals surface area contributed by atoms with Crippen molar-refractivity contribution in [2.45, 2.75) is 6.54 Å². The number of hydrogen-bond acceptors (Lipinski definition) is 4. The van der Waals surface area contributed by atoms with Gasteiger partial charge in [0.1, 0.15) is 0 Å². The van der Waals surface area contributed by atoms with E-state index >= 15 is 0 Å². The van der Waals surface area contributed by atoms with Gasteiger partial charge in [0.2, 0.25) is 0 Å². The van der Waals surface area contributed by atoms with Crippen molar-refractivity contribution in [3.8, 4) is 11.5 Å². The Kier molecular flexibility index (Phi) is 4.47. The maximum Gasteiger partial charge on any atom is 0.161 e. The van der Waals surface area contributed by atoms with Gasteiger partial charge in [-0.15, -0.1) is 0 Å². The maximum absolute atomic E-state index is 6.05. The average Bonchev–Trinajstić information content (AvgIpc) is 2.46. The normalized spacial score (nSPS) is 10.1. The predicted octanol–water partition coefficient (Wildman–Crippen LogP) is 3.36. The molecule has 0 bridgehead atoms. The van der Waals surface area contributed by atoms with Crippen molar-refractivity contribution < 1.29 is 9.47 Å². The minimum absolute atomic E-state index is 0.631. The highest BCUT2D eigenvalue weighted by molar-refractivity contribution is 6.33. The second-order valence-electron chi connectivity index (χ2n) is 3.90. The zero-order valence-corrected chi connectivity index (χ0v) is 11.6. The molecule has 4 nitrogen and oxygen atoms in total. The molecule has 0 aliphatic rings. The van der Waals surface area contributed by atoms with Crippen LogP contribution in [0.4, 0.5) is 5.69 Å². The van der Waals surface area contributed by atoms with Gasteiger partial charge in [-0.25, -0.2) is 0 Å². The number of nitrogens with one attached hydrogen (secondary N) is 1. The number of benzene rings is 1. The number of rotatable bonds is 5. The molecule has 0 amide bonds. The average molecular weight is 279 g/mol. The lowest BCUT2D eigenvalue weighted by Gasteiger charge is -2.11. The number of aromatic nitrogens is 1. The third kappa shape index (κ3) is 3.29. The van der Waals surface area contributed by atoms with E-state index in [0.29, 0.717) is 23.1 Å². The van der Waals surface area contributed by atoms with Crippen LogP contribution in [0.3, 0.4) is 0 Å². The number of nitrogens with zero attached hydrogens (tertiary/aromatic N) is 1. The van der Waals surface area contributed by atoms with Crippen molar-refractivity contribution >= 4 is 17.3 Å². The molecular weight excluding hydrogens is 264 g/mol. The van der Waals surface area contributed by atoms with Crippen molar-refractivity contribution in [3.05, 3.63) is 47.2 Å². The van der Waals surface area contributed by atoms with Gasteiger partial charge in [-0.05, 0) is 23.8 Å². The van der Waals surface area contributed by atoms with Crippen molar-refractivity contribution in [2.24, 2.45) is 0 Å². The van der Waals surface area contributed by atoms with Crippen molar-refractivity contribution in [3.63, 3.8) is 0 Å². The van der Waals surface area contributed by atoms with Crippen LogP contribution >= 0.6 is 11.6 Å². The van der Waals surface area contributed by atoms with Crippen LogP contribution in [0.1, 0.15) is 5.56 Å². The first-order valence-electron chi connectivity index (χ1n) is 5.79. The summed E-state index contributed by atoms with van der Waals surface area (Å²) in [5.74, 6) is 1.42. The van der Waals surface area contributed by atoms with Gasteiger partial charge in [-0.1, -0.05) is 17.7 Å². The third-order valence-electron chi connectivity index (χ3n) is 2.70. The Hall–Kier alpha value is -1.94. The van der Waals surface area contributed by atoms with Gasteiger partial charge in [0.15, 0.2) is 11.5 Å². The van der Waals surface area contributed by atoms with E-state index in [9.17, 15) is 0 Å². The first kappa shape index (κ1) is 13.5. The number of anilines is 1. The molecule has 1 N–H and O–H groups in total. The summed E-state index contributed by atoms with van der Waals surface area (Å²) in [4.78, 5) is 4.03. The molecule has 1 aromatic carbocycles. The molecule has 19 heavy (non-hydrogen) atoms. The second kappa shape index (κ2) is 6.29. The van der Waals surface area contributed by atoms with Crippen LogP contribution < -0.4 is 14.8 Å². The van der Waals surface area contributed by atoms with Crippen molar-refractivity contribution in [1.29, 1.82) is 0 Å². The molecule has 0 aliphatic heterocycles. The highest BCUT2D eigenvalue weighted by Gasteiger charge is 2.05. The van der Waals surface area contributed by atoms with Crippen LogP contribution in [0, 0.1) is 0 Å². The molecule has 0 atom stereocenters. The lowest BCUT2D eigenvalue weighted by molar-refractivity contribution is 0.354. The van der Waals surface area contributed by atoms with E-state index in [-0.39, 0.29) is 0 Å². The zero-order valence-electron chi connectivity index (χ0n) is 10.8. The molecule has 0 fully saturated rings. The van der Waals surface area contributed by atoms with Crippen LogP contribution in [-0.2, 0) is 6.54 Å². The molecule has 100 valence electrons. The molecule has 0 saturated heterocycles. The summed E-state index contributed by atoms with van der Waals surface area (Å²) in [6.45, 7) is 0.631. The standard InChI is InChI=1S/C14H15ClN2O2/c1-18-13-4-3-10(7-14(13)19-2)8-17-12-9-16-6-5-11(12)15/h3-7,9,17H,8H2,1-2H3. The summed E-state index contributed by atoms with van der Waals surface area (Å²) in [5.41, 5.74) is 1.87. The number of ether oxygens (including phenoxy) is 2. The van der Waals surface area contributed by atoms with E-state index in [1.165, 1.54) is 0 Å². The van der Waals surface area contributed by atoms with E-state index in [0.717, 1.165) is 11.3 Å². The van der Waals surface area contributed by atoms with E-state index in [1.807, 2.05) is 18.2 Å². The van der Waals surface area contributed by atoms with E-state index in [1.54, 1.807) is 32.7 Å². The number of hydrogen-bond donors (Lipinski definition) is 1. The smallest absolute Gasteiger partial charge is 0.161 e. The molecule has 2 aromatic rings. The van der Waals surface area contributed by atoms with Crippen molar-refractivity contribution in [1.82, 2.24) is 4.98 Å². The largest absolute Gasteiger partial charge is 0.493 e. The SMILES string of the molecule is COc1ccc(CNc2cnccc2Cl)cc1OC. The molecule has 0 radical (unpaired) electrons. The quantitative estimate of drug-likeness (QED) is 0.911.